The Labute approximate surface area is 307 Å². The molecule has 5 rings (SSSR count). The molecule has 4 aromatic rings. The summed E-state index contributed by atoms with van der Waals surface area (Å²) in [4.78, 5) is 14.4. The second kappa shape index (κ2) is 18.2. The van der Waals surface area contributed by atoms with Gasteiger partial charge >= 0.3 is 6.18 Å². The predicted octanol–water partition coefficient (Wildman–Crippen LogP) is 9.24. The molecule has 0 bridgehead atoms. The number of alkyl halides is 3. The van der Waals surface area contributed by atoms with Crippen LogP contribution in [0.5, 0.6) is 17.2 Å². The van der Waals surface area contributed by atoms with Crippen molar-refractivity contribution in [3.8, 4) is 28.6 Å². The van der Waals surface area contributed by atoms with E-state index < -0.39 is 17.6 Å². The highest BCUT2D eigenvalue weighted by molar-refractivity contribution is 8.00. The maximum atomic E-state index is 14.0. The number of aromatic nitrogens is 2. The number of aryl methyl sites for hydroxylation is 1. The highest BCUT2D eigenvalue weighted by atomic mass is 32.2. The van der Waals surface area contributed by atoms with E-state index in [4.69, 9.17) is 14.5 Å². The van der Waals surface area contributed by atoms with Crippen molar-refractivity contribution in [2.45, 2.75) is 55.1 Å². The molecular weight excluding hydrogens is 699 g/mol. The number of imidazole rings is 1. The summed E-state index contributed by atoms with van der Waals surface area (Å²) in [7, 11) is 8.31. The molecule has 1 aromatic heterocycles. The molecule has 13 heteroatoms. The summed E-state index contributed by atoms with van der Waals surface area (Å²) in [6.45, 7) is 8.07. The van der Waals surface area contributed by atoms with Crippen LogP contribution < -0.4 is 9.47 Å². The van der Waals surface area contributed by atoms with E-state index >= 15 is 0 Å². The number of hydrogen-bond donors (Lipinski definition) is 0. The van der Waals surface area contributed by atoms with Crippen LogP contribution in [0.25, 0.3) is 22.4 Å². The number of fused-ring (bicyclic) bond motifs is 1. The van der Waals surface area contributed by atoms with Crippen LogP contribution >= 0.6 is 23.5 Å². The SMILES string of the molecule is CCCCn1c(-c2ccc(Oc3ccc(F)c(C(F)(F)F)c3)cc2OCCN2CCCC2)nc2c(SCCN(C)C)cc(SCCN(C)C)cc21. The molecule has 0 spiro atoms. The average molecular weight is 748 g/mol. The lowest BCUT2D eigenvalue weighted by atomic mass is 10.1. The van der Waals surface area contributed by atoms with E-state index in [9.17, 15) is 17.6 Å². The molecular formula is C38H49F4N5O2S2. The minimum atomic E-state index is -4.84. The van der Waals surface area contributed by atoms with E-state index in [0.29, 0.717) is 18.4 Å². The second-order valence-electron chi connectivity index (χ2n) is 13.3. The fraction of sp³-hybridized carbons (Fsp3) is 0.500. The Kier molecular flexibility index (Phi) is 14.0. The summed E-state index contributed by atoms with van der Waals surface area (Å²) in [6.07, 6.45) is -0.554. The Balaban J connectivity index is 1.57. The number of thioether (sulfide) groups is 2. The largest absolute Gasteiger partial charge is 0.491 e. The van der Waals surface area contributed by atoms with Gasteiger partial charge in [-0.3, -0.25) is 4.90 Å². The van der Waals surface area contributed by atoms with Crippen LogP contribution in [0.3, 0.4) is 0 Å². The lowest BCUT2D eigenvalue weighted by molar-refractivity contribution is -0.140. The zero-order chi connectivity index (χ0) is 36.5. The molecule has 1 aliphatic heterocycles. The summed E-state index contributed by atoms with van der Waals surface area (Å²) in [5.74, 6) is 2.00. The van der Waals surface area contributed by atoms with Crippen molar-refractivity contribution in [1.82, 2.24) is 24.3 Å². The lowest BCUT2D eigenvalue weighted by Crippen LogP contribution is -2.25. The first-order valence-electron chi connectivity index (χ1n) is 17.6. The maximum Gasteiger partial charge on any atom is 0.419 e. The van der Waals surface area contributed by atoms with E-state index in [-0.39, 0.29) is 11.5 Å². The van der Waals surface area contributed by atoms with Crippen molar-refractivity contribution < 1.29 is 27.0 Å². The van der Waals surface area contributed by atoms with Gasteiger partial charge in [0.05, 0.1) is 16.6 Å². The van der Waals surface area contributed by atoms with E-state index in [2.05, 4.69) is 66.5 Å². The lowest BCUT2D eigenvalue weighted by Gasteiger charge is -2.18. The number of hydrogen-bond acceptors (Lipinski definition) is 8. The van der Waals surface area contributed by atoms with Crippen molar-refractivity contribution in [1.29, 1.82) is 0 Å². The standard InChI is InChI=1S/C38H49F4N5O2S2/c1-6-7-16-47-33-25-29(50-21-18-44(2)3)26-35(51-22-19-45(4)5)36(33)43-37(47)30-12-10-28(24-34(30)48-20-17-46-14-8-9-15-46)49-27-11-13-32(39)31(23-27)38(40,41)42/h10-13,23-26H,6-9,14-22H2,1-5H3. The van der Waals surface area contributed by atoms with Crippen LogP contribution in [0, 0.1) is 5.82 Å². The molecule has 0 radical (unpaired) electrons. The van der Waals surface area contributed by atoms with Gasteiger partial charge in [0.15, 0.2) is 0 Å². The van der Waals surface area contributed by atoms with E-state index in [1.165, 1.54) is 11.0 Å². The quantitative estimate of drug-likeness (QED) is 0.0738. The molecule has 51 heavy (non-hydrogen) atoms. The number of ether oxygens (including phenoxy) is 2. The monoisotopic (exact) mass is 747 g/mol. The Morgan fingerprint density at radius 3 is 2.24 bits per heavy atom. The first-order valence-corrected chi connectivity index (χ1v) is 19.5. The topological polar surface area (TPSA) is 46.0 Å². The molecule has 0 saturated carbocycles. The van der Waals surface area contributed by atoms with Crippen molar-refractivity contribution >= 4 is 34.6 Å². The van der Waals surface area contributed by atoms with Gasteiger partial charge in [-0.1, -0.05) is 13.3 Å². The zero-order valence-electron chi connectivity index (χ0n) is 30.2. The Morgan fingerprint density at radius 2 is 1.55 bits per heavy atom. The highest BCUT2D eigenvalue weighted by Gasteiger charge is 2.34. The molecule has 278 valence electrons. The van der Waals surface area contributed by atoms with Crippen LogP contribution in [-0.4, -0.2) is 103 Å². The van der Waals surface area contributed by atoms with Crippen LogP contribution in [0.2, 0.25) is 0 Å². The third kappa shape index (κ3) is 10.8. The van der Waals surface area contributed by atoms with Crippen molar-refractivity contribution in [2.24, 2.45) is 0 Å². The van der Waals surface area contributed by atoms with Gasteiger partial charge < -0.3 is 23.8 Å². The Hall–Kier alpha value is -2.97. The van der Waals surface area contributed by atoms with Gasteiger partial charge in [-0.15, -0.1) is 23.5 Å². The van der Waals surface area contributed by atoms with E-state index in [0.717, 1.165) is 110 Å². The fourth-order valence-electron chi connectivity index (χ4n) is 5.88. The van der Waals surface area contributed by atoms with Gasteiger partial charge in [0.1, 0.15) is 41.0 Å². The Morgan fingerprint density at radius 1 is 0.863 bits per heavy atom. The summed E-state index contributed by atoms with van der Waals surface area (Å²) in [5, 5.41) is 0. The normalized spacial score (nSPS) is 14.0. The van der Waals surface area contributed by atoms with Crippen LogP contribution in [0.15, 0.2) is 58.3 Å². The Bertz CT molecular complexity index is 1740. The minimum Gasteiger partial charge on any atom is -0.491 e. The first-order chi connectivity index (χ1) is 24.4. The molecule has 1 fully saturated rings. The molecule has 0 N–H and O–H groups in total. The zero-order valence-corrected chi connectivity index (χ0v) is 31.8. The van der Waals surface area contributed by atoms with Gasteiger partial charge in [-0.2, -0.15) is 13.2 Å². The number of nitrogens with zero attached hydrogens (tertiary/aromatic N) is 5. The molecule has 1 saturated heterocycles. The number of unbranched alkanes of at least 4 members (excludes halogenated alkanes) is 1. The second-order valence-corrected chi connectivity index (χ2v) is 15.6. The number of benzene rings is 3. The third-order valence-corrected chi connectivity index (χ3v) is 10.6. The number of likely N-dealkylation sites (tertiary alicyclic amines) is 1. The first kappa shape index (κ1) is 39.2. The predicted molar refractivity (Wildman–Crippen MR) is 201 cm³/mol. The fourth-order valence-corrected chi connectivity index (χ4v) is 8.21. The summed E-state index contributed by atoms with van der Waals surface area (Å²) < 4.78 is 69.1. The van der Waals surface area contributed by atoms with Crippen molar-refractivity contribution in [3.63, 3.8) is 0 Å². The molecule has 2 heterocycles. The molecule has 0 unspecified atom stereocenters. The molecule has 7 nitrogen and oxygen atoms in total. The highest BCUT2D eigenvalue weighted by Crippen LogP contribution is 2.41. The number of rotatable bonds is 18. The number of halogens is 4. The van der Waals surface area contributed by atoms with Crippen LogP contribution in [-0.2, 0) is 12.7 Å². The van der Waals surface area contributed by atoms with Gasteiger partial charge in [0.2, 0.25) is 0 Å². The van der Waals surface area contributed by atoms with E-state index in [1.807, 2.05) is 29.6 Å². The molecule has 1 aliphatic rings. The van der Waals surface area contributed by atoms with Gasteiger partial charge in [0.25, 0.3) is 0 Å². The third-order valence-electron chi connectivity index (χ3n) is 8.67. The van der Waals surface area contributed by atoms with Gasteiger partial charge in [0, 0.05) is 53.5 Å². The maximum absolute atomic E-state index is 14.0. The van der Waals surface area contributed by atoms with Crippen LogP contribution in [0.1, 0.15) is 38.2 Å². The summed E-state index contributed by atoms with van der Waals surface area (Å²) >= 11 is 3.65. The van der Waals surface area contributed by atoms with Gasteiger partial charge in [-0.25, -0.2) is 9.37 Å². The molecule has 0 aliphatic carbocycles. The van der Waals surface area contributed by atoms with Crippen molar-refractivity contribution in [3.05, 3.63) is 59.9 Å². The van der Waals surface area contributed by atoms with E-state index in [1.54, 1.807) is 12.1 Å². The van der Waals surface area contributed by atoms with Crippen molar-refractivity contribution in [2.75, 3.05) is 79.0 Å². The summed E-state index contributed by atoms with van der Waals surface area (Å²) in [5.41, 5.74) is 1.41. The molecule has 0 amide bonds. The smallest absolute Gasteiger partial charge is 0.419 e. The average Bonchev–Trinajstić information content (AvgIpc) is 3.72. The summed E-state index contributed by atoms with van der Waals surface area (Å²) in [6, 6.07) is 12.4. The minimum absolute atomic E-state index is 0.117. The van der Waals surface area contributed by atoms with Gasteiger partial charge in [-0.05, 0) is 103 Å². The molecule has 3 aromatic carbocycles. The van der Waals surface area contributed by atoms with Crippen LogP contribution in [0.4, 0.5) is 17.6 Å². The molecule has 0 atom stereocenters.